The van der Waals surface area contributed by atoms with Crippen LogP contribution in [0.4, 0.5) is 5.69 Å². The monoisotopic (exact) mass is 499 g/mol. The molecule has 0 spiro atoms. The predicted molar refractivity (Wildman–Crippen MR) is 129 cm³/mol. The maximum atomic E-state index is 13.4. The fourth-order valence-corrected chi connectivity index (χ4v) is 4.48. The highest BCUT2D eigenvalue weighted by atomic mass is 35.5. The number of carbonyl (C=O) groups is 2. The van der Waals surface area contributed by atoms with E-state index in [2.05, 4.69) is 5.32 Å². The van der Waals surface area contributed by atoms with Crippen molar-refractivity contribution in [1.29, 1.82) is 0 Å². The summed E-state index contributed by atoms with van der Waals surface area (Å²) < 4.78 is 26.1. The Morgan fingerprint density at radius 2 is 1.78 bits per heavy atom. The maximum absolute atomic E-state index is 13.4. The molecule has 0 heterocycles. The van der Waals surface area contributed by atoms with Crippen molar-refractivity contribution in [3.05, 3.63) is 63.6 Å². The lowest BCUT2D eigenvalue weighted by Crippen LogP contribution is -2.51. The van der Waals surface area contributed by atoms with Crippen LogP contribution in [0.3, 0.4) is 0 Å². The number of hydrogen-bond donors (Lipinski definition) is 1. The highest BCUT2D eigenvalue weighted by molar-refractivity contribution is 7.92. The first-order valence-corrected chi connectivity index (χ1v) is 12.6. The Kier molecular flexibility index (Phi) is 8.95. The van der Waals surface area contributed by atoms with E-state index >= 15 is 0 Å². The number of likely N-dealkylation sites (N-methyl/N-ethyl adjacent to an activating group) is 1. The van der Waals surface area contributed by atoms with Gasteiger partial charge in [-0.3, -0.25) is 13.9 Å². The summed E-state index contributed by atoms with van der Waals surface area (Å²) in [6, 6.07) is 11.0. The summed E-state index contributed by atoms with van der Waals surface area (Å²) in [6.45, 7) is 3.23. The second-order valence-corrected chi connectivity index (χ2v) is 10.1. The largest absolute Gasteiger partial charge is 0.357 e. The Morgan fingerprint density at radius 3 is 2.31 bits per heavy atom. The summed E-state index contributed by atoms with van der Waals surface area (Å²) in [7, 11) is -2.27. The van der Waals surface area contributed by atoms with Crippen LogP contribution < -0.4 is 9.62 Å². The molecule has 0 aliphatic rings. The molecule has 1 N–H and O–H groups in total. The number of sulfonamides is 1. The van der Waals surface area contributed by atoms with Gasteiger partial charge in [0.1, 0.15) is 12.6 Å². The number of hydrogen-bond acceptors (Lipinski definition) is 4. The smallest absolute Gasteiger partial charge is 0.244 e. The number of carbonyl (C=O) groups excluding carboxylic acids is 2. The first-order chi connectivity index (χ1) is 15.0. The highest BCUT2D eigenvalue weighted by Gasteiger charge is 2.31. The Balaban J connectivity index is 2.44. The molecule has 0 aliphatic heterocycles. The van der Waals surface area contributed by atoms with E-state index < -0.39 is 28.5 Å². The van der Waals surface area contributed by atoms with Gasteiger partial charge in [0.25, 0.3) is 0 Å². The zero-order valence-electron chi connectivity index (χ0n) is 18.4. The SMILES string of the molecule is CCC(C(=O)NC)N(Cc1ccc(Cl)c(Cl)c1)C(=O)CN(c1cccc(C)c1)S(C)(=O)=O. The van der Waals surface area contributed by atoms with E-state index in [9.17, 15) is 18.0 Å². The van der Waals surface area contributed by atoms with E-state index in [1.54, 1.807) is 43.3 Å². The van der Waals surface area contributed by atoms with Crippen molar-refractivity contribution in [3.63, 3.8) is 0 Å². The van der Waals surface area contributed by atoms with Crippen molar-refractivity contribution < 1.29 is 18.0 Å². The van der Waals surface area contributed by atoms with Gasteiger partial charge in [0, 0.05) is 13.6 Å². The number of amides is 2. The van der Waals surface area contributed by atoms with Crippen LogP contribution in [-0.2, 0) is 26.2 Å². The van der Waals surface area contributed by atoms with Crippen molar-refractivity contribution >= 4 is 50.7 Å². The van der Waals surface area contributed by atoms with Crippen molar-refractivity contribution in [2.24, 2.45) is 0 Å². The molecule has 1 unspecified atom stereocenters. The molecule has 7 nitrogen and oxygen atoms in total. The van der Waals surface area contributed by atoms with Gasteiger partial charge in [-0.15, -0.1) is 0 Å². The Hall–Kier alpha value is -2.29. The van der Waals surface area contributed by atoms with Gasteiger partial charge in [0.05, 0.1) is 22.0 Å². The lowest BCUT2D eigenvalue weighted by molar-refractivity contribution is -0.140. The van der Waals surface area contributed by atoms with Gasteiger partial charge in [-0.1, -0.05) is 48.3 Å². The molecule has 0 aliphatic carbocycles. The molecule has 0 fully saturated rings. The van der Waals surface area contributed by atoms with Gasteiger partial charge >= 0.3 is 0 Å². The molecular weight excluding hydrogens is 473 g/mol. The van der Waals surface area contributed by atoms with Gasteiger partial charge in [-0.05, 0) is 48.7 Å². The Labute approximate surface area is 199 Å². The van der Waals surface area contributed by atoms with Crippen LogP contribution >= 0.6 is 23.2 Å². The minimum atomic E-state index is -3.76. The molecule has 10 heteroatoms. The molecule has 32 heavy (non-hydrogen) atoms. The lowest BCUT2D eigenvalue weighted by atomic mass is 10.1. The fraction of sp³-hybridized carbons (Fsp3) is 0.364. The van der Waals surface area contributed by atoms with Crippen LogP contribution in [0, 0.1) is 6.92 Å². The van der Waals surface area contributed by atoms with Crippen molar-refractivity contribution in [3.8, 4) is 0 Å². The van der Waals surface area contributed by atoms with Gasteiger partial charge in [0.15, 0.2) is 0 Å². The number of rotatable bonds is 9. The topological polar surface area (TPSA) is 86.8 Å². The van der Waals surface area contributed by atoms with Crippen LogP contribution in [0.2, 0.25) is 10.0 Å². The first-order valence-electron chi connectivity index (χ1n) is 9.97. The quantitative estimate of drug-likeness (QED) is 0.570. The third-order valence-corrected chi connectivity index (χ3v) is 6.82. The summed E-state index contributed by atoms with van der Waals surface area (Å²) in [5, 5.41) is 3.26. The predicted octanol–water partition coefficient (Wildman–Crippen LogP) is 3.62. The van der Waals surface area contributed by atoms with Gasteiger partial charge in [0.2, 0.25) is 21.8 Å². The van der Waals surface area contributed by atoms with Crippen LogP contribution in [0.1, 0.15) is 24.5 Å². The van der Waals surface area contributed by atoms with Gasteiger partial charge in [-0.2, -0.15) is 0 Å². The average molecular weight is 500 g/mol. The molecular formula is C22H27Cl2N3O4S. The van der Waals surface area contributed by atoms with E-state index in [-0.39, 0.29) is 12.5 Å². The summed E-state index contributed by atoms with van der Waals surface area (Å²) >= 11 is 12.1. The number of halogens is 2. The highest BCUT2D eigenvalue weighted by Crippen LogP contribution is 2.25. The number of nitrogens with one attached hydrogen (secondary N) is 1. The molecule has 2 rings (SSSR count). The number of aryl methyl sites for hydroxylation is 1. The molecule has 0 radical (unpaired) electrons. The van der Waals surface area contributed by atoms with Crippen LogP contribution in [0.15, 0.2) is 42.5 Å². The lowest BCUT2D eigenvalue weighted by Gasteiger charge is -2.32. The van der Waals surface area contributed by atoms with Crippen molar-refractivity contribution in [2.75, 3.05) is 24.2 Å². The third-order valence-electron chi connectivity index (χ3n) is 4.94. The second kappa shape index (κ2) is 11.0. The van der Waals surface area contributed by atoms with Crippen molar-refractivity contribution in [1.82, 2.24) is 10.2 Å². The molecule has 0 aromatic heterocycles. The summed E-state index contributed by atoms with van der Waals surface area (Å²) in [5.41, 5.74) is 1.90. The Bertz CT molecular complexity index is 1090. The van der Waals surface area contributed by atoms with E-state index in [1.807, 2.05) is 13.0 Å². The minimum absolute atomic E-state index is 0.0626. The molecule has 2 amide bonds. The molecule has 0 bridgehead atoms. The van der Waals surface area contributed by atoms with E-state index in [0.29, 0.717) is 27.7 Å². The van der Waals surface area contributed by atoms with Crippen LogP contribution in [0.5, 0.6) is 0 Å². The van der Waals surface area contributed by atoms with E-state index in [0.717, 1.165) is 16.1 Å². The molecule has 0 saturated carbocycles. The van der Waals surface area contributed by atoms with Crippen LogP contribution in [0.25, 0.3) is 0 Å². The zero-order valence-corrected chi connectivity index (χ0v) is 20.8. The minimum Gasteiger partial charge on any atom is -0.357 e. The van der Waals surface area contributed by atoms with Gasteiger partial charge < -0.3 is 10.2 Å². The first kappa shape index (κ1) is 26.0. The summed E-state index contributed by atoms with van der Waals surface area (Å²) in [5.74, 6) is -0.860. The second-order valence-electron chi connectivity index (χ2n) is 7.42. The molecule has 0 saturated heterocycles. The maximum Gasteiger partial charge on any atom is 0.244 e. The normalized spacial score (nSPS) is 12.2. The number of nitrogens with zero attached hydrogens (tertiary/aromatic N) is 2. The third kappa shape index (κ3) is 6.60. The molecule has 2 aromatic rings. The van der Waals surface area contributed by atoms with Crippen molar-refractivity contribution in [2.45, 2.75) is 32.9 Å². The summed E-state index contributed by atoms with van der Waals surface area (Å²) in [4.78, 5) is 27.3. The molecule has 1 atom stereocenters. The molecule has 174 valence electrons. The van der Waals surface area contributed by atoms with Crippen LogP contribution in [-0.4, -0.2) is 51.0 Å². The number of benzene rings is 2. The summed E-state index contributed by atoms with van der Waals surface area (Å²) in [6.07, 6.45) is 1.39. The van der Waals surface area contributed by atoms with E-state index in [4.69, 9.17) is 23.2 Å². The van der Waals surface area contributed by atoms with Gasteiger partial charge in [-0.25, -0.2) is 8.42 Å². The standard InChI is InChI=1S/C22H27Cl2N3O4S/c1-5-20(22(29)25-3)26(13-16-9-10-18(23)19(24)12-16)21(28)14-27(32(4,30)31)17-8-6-7-15(2)11-17/h6-12,20H,5,13-14H2,1-4H3,(H,25,29). The number of anilines is 1. The fourth-order valence-electron chi connectivity index (χ4n) is 3.32. The Morgan fingerprint density at radius 1 is 1.09 bits per heavy atom. The average Bonchev–Trinajstić information content (AvgIpc) is 2.73. The zero-order chi connectivity index (χ0) is 24.1. The van der Waals surface area contributed by atoms with E-state index in [1.165, 1.54) is 11.9 Å². The molecule has 2 aromatic carbocycles.